The molecule has 24 heavy (non-hydrogen) atoms. The molecular weight excluding hydrogens is 344 g/mol. The Morgan fingerprint density at radius 2 is 2.04 bits per heavy atom. The van der Waals surface area contributed by atoms with E-state index in [0.29, 0.717) is 17.3 Å². The summed E-state index contributed by atoms with van der Waals surface area (Å²) >= 11 is 2.82. The van der Waals surface area contributed by atoms with Gasteiger partial charge >= 0.3 is 0 Å². The van der Waals surface area contributed by atoms with Crippen LogP contribution < -0.4 is 10.6 Å². The molecule has 2 aromatic rings. The number of amides is 1. The Balaban J connectivity index is 1.60. The van der Waals surface area contributed by atoms with Crippen molar-refractivity contribution in [1.82, 2.24) is 10.2 Å². The number of rotatable bonds is 7. The molecule has 1 aromatic carbocycles. The summed E-state index contributed by atoms with van der Waals surface area (Å²) in [6.07, 6.45) is 2.35. The molecule has 1 fully saturated rings. The van der Waals surface area contributed by atoms with Gasteiger partial charge in [0, 0.05) is 11.6 Å². The van der Waals surface area contributed by atoms with Gasteiger partial charge in [-0.05, 0) is 38.8 Å². The van der Waals surface area contributed by atoms with E-state index in [9.17, 15) is 9.59 Å². The van der Waals surface area contributed by atoms with Crippen LogP contribution in [0.15, 0.2) is 28.6 Å². The fourth-order valence-corrected chi connectivity index (χ4v) is 4.03. The number of nitrogens with one attached hydrogen (secondary N) is 2. The lowest BCUT2D eigenvalue weighted by molar-refractivity contribution is -0.115. The van der Waals surface area contributed by atoms with Gasteiger partial charge in [0.05, 0.1) is 10.9 Å². The van der Waals surface area contributed by atoms with Crippen molar-refractivity contribution in [2.24, 2.45) is 0 Å². The highest BCUT2D eigenvalue weighted by Gasteiger charge is 2.23. The van der Waals surface area contributed by atoms with E-state index in [1.165, 1.54) is 42.9 Å². The summed E-state index contributed by atoms with van der Waals surface area (Å²) in [4.78, 5) is 24.0. The minimum atomic E-state index is -0.341. The molecule has 1 amide bonds. The Morgan fingerprint density at radius 1 is 1.29 bits per heavy atom. The lowest BCUT2D eigenvalue weighted by Crippen LogP contribution is -2.23. The van der Waals surface area contributed by atoms with Crippen LogP contribution in [0.25, 0.3) is 0 Å². The van der Waals surface area contributed by atoms with Crippen molar-refractivity contribution in [2.45, 2.75) is 42.3 Å². The van der Waals surface area contributed by atoms with Gasteiger partial charge in [0.15, 0.2) is 10.1 Å². The second-order valence-electron chi connectivity index (χ2n) is 5.64. The number of aromatic nitrogens is 2. The van der Waals surface area contributed by atoms with E-state index < -0.39 is 0 Å². The summed E-state index contributed by atoms with van der Waals surface area (Å²) in [6, 6.07) is 7.53. The summed E-state index contributed by atoms with van der Waals surface area (Å²) in [5.74, 6) is -0.244. The van der Waals surface area contributed by atoms with Crippen molar-refractivity contribution in [3.8, 4) is 0 Å². The molecule has 0 spiro atoms. The van der Waals surface area contributed by atoms with Gasteiger partial charge in [-0.25, -0.2) is 0 Å². The van der Waals surface area contributed by atoms with Crippen LogP contribution in [-0.2, 0) is 4.79 Å². The van der Waals surface area contributed by atoms with Crippen molar-refractivity contribution in [3.05, 3.63) is 29.8 Å². The van der Waals surface area contributed by atoms with Gasteiger partial charge in [-0.2, -0.15) is 0 Å². The standard InChI is InChI=1S/C16H18N4O2S2/c1-9(21)12-5-3-4-6-13(12)18-14(22)10(2)23-16-20-19-15(24-16)17-11-7-8-11/h3-6,10-11H,7-8H2,1-2H3,(H,17,19)(H,18,22)/t10-/m1/s1. The SMILES string of the molecule is CC(=O)c1ccccc1NC(=O)[C@@H](C)Sc1nnc(NC2CC2)s1. The van der Waals surface area contributed by atoms with Crippen molar-refractivity contribution in [3.63, 3.8) is 0 Å². The first kappa shape index (κ1) is 16.9. The zero-order valence-corrected chi connectivity index (χ0v) is 15.0. The number of ketones is 1. The topological polar surface area (TPSA) is 84.0 Å². The molecule has 0 saturated heterocycles. The second-order valence-corrected chi connectivity index (χ2v) is 8.21. The van der Waals surface area contributed by atoms with Crippen LogP contribution in [0.4, 0.5) is 10.8 Å². The third kappa shape index (κ3) is 4.33. The Kier molecular flexibility index (Phi) is 5.15. The van der Waals surface area contributed by atoms with Gasteiger partial charge in [0.25, 0.3) is 0 Å². The van der Waals surface area contributed by atoms with Gasteiger partial charge < -0.3 is 10.6 Å². The van der Waals surface area contributed by atoms with Crippen LogP contribution >= 0.6 is 23.1 Å². The molecule has 0 aliphatic heterocycles. The lowest BCUT2D eigenvalue weighted by Gasteiger charge is -2.12. The van der Waals surface area contributed by atoms with E-state index in [-0.39, 0.29) is 16.9 Å². The molecule has 0 radical (unpaired) electrons. The van der Waals surface area contributed by atoms with Crippen molar-refractivity contribution >= 4 is 45.6 Å². The predicted octanol–water partition coefficient (Wildman–Crippen LogP) is 3.43. The Hall–Kier alpha value is -1.93. The van der Waals surface area contributed by atoms with E-state index in [0.717, 1.165) is 9.47 Å². The van der Waals surface area contributed by atoms with Gasteiger partial charge in [0.2, 0.25) is 11.0 Å². The van der Waals surface area contributed by atoms with Crippen LogP contribution in [-0.4, -0.2) is 33.2 Å². The number of hydrogen-bond donors (Lipinski definition) is 2. The molecule has 8 heteroatoms. The number of thioether (sulfide) groups is 1. The molecule has 1 atom stereocenters. The molecule has 1 aliphatic rings. The maximum Gasteiger partial charge on any atom is 0.237 e. The van der Waals surface area contributed by atoms with Gasteiger partial charge in [-0.1, -0.05) is 35.2 Å². The average molecular weight is 362 g/mol. The van der Waals surface area contributed by atoms with Crippen LogP contribution in [0, 0.1) is 0 Å². The summed E-state index contributed by atoms with van der Waals surface area (Å²) in [6.45, 7) is 3.30. The van der Waals surface area contributed by atoms with E-state index in [4.69, 9.17) is 0 Å². The zero-order chi connectivity index (χ0) is 17.1. The Morgan fingerprint density at radius 3 is 2.75 bits per heavy atom. The third-order valence-corrected chi connectivity index (χ3v) is 5.56. The molecule has 2 N–H and O–H groups in total. The van der Waals surface area contributed by atoms with E-state index in [2.05, 4.69) is 20.8 Å². The molecule has 1 aliphatic carbocycles. The van der Waals surface area contributed by atoms with Gasteiger partial charge in [-0.3, -0.25) is 9.59 Å². The molecule has 1 heterocycles. The number of Topliss-reactive ketones (excluding diaryl/α,β-unsaturated/α-hetero) is 1. The lowest BCUT2D eigenvalue weighted by atomic mass is 10.1. The molecule has 0 bridgehead atoms. The molecular formula is C16H18N4O2S2. The maximum absolute atomic E-state index is 12.4. The number of anilines is 2. The number of para-hydroxylation sites is 1. The summed E-state index contributed by atoms with van der Waals surface area (Å²) in [5.41, 5.74) is 1.05. The minimum absolute atomic E-state index is 0.0777. The van der Waals surface area contributed by atoms with Crippen molar-refractivity contribution < 1.29 is 9.59 Å². The average Bonchev–Trinajstić information content (AvgIpc) is 3.26. The summed E-state index contributed by atoms with van der Waals surface area (Å²) in [5, 5.41) is 14.8. The second kappa shape index (κ2) is 7.31. The summed E-state index contributed by atoms with van der Waals surface area (Å²) < 4.78 is 0.751. The van der Waals surface area contributed by atoms with Crippen LogP contribution in [0.2, 0.25) is 0 Å². The van der Waals surface area contributed by atoms with Gasteiger partial charge in [-0.15, -0.1) is 10.2 Å². The molecule has 6 nitrogen and oxygen atoms in total. The highest BCUT2D eigenvalue weighted by molar-refractivity contribution is 8.02. The fraction of sp³-hybridized carbons (Fsp3) is 0.375. The van der Waals surface area contributed by atoms with E-state index >= 15 is 0 Å². The molecule has 1 aromatic heterocycles. The predicted molar refractivity (Wildman–Crippen MR) is 96.9 cm³/mol. The molecule has 3 rings (SSSR count). The third-order valence-electron chi connectivity index (χ3n) is 3.52. The zero-order valence-electron chi connectivity index (χ0n) is 13.4. The first-order valence-corrected chi connectivity index (χ1v) is 9.40. The van der Waals surface area contributed by atoms with Crippen LogP contribution in [0.1, 0.15) is 37.0 Å². The quantitative estimate of drug-likeness (QED) is 0.580. The molecule has 126 valence electrons. The Labute approximate surface area is 148 Å². The minimum Gasteiger partial charge on any atom is -0.357 e. The number of hydrogen-bond acceptors (Lipinski definition) is 7. The summed E-state index contributed by atoms with van der Waals surface area (Å²) in [7, 11) is 0. The number of carbonyl (C=O) groups is 2. The fourth-order valence-electron chi connectivity index (χ4n) is 2.06. The van der Waals surface area contributed by atoms with Crippen LogP contribution in [0.3, 0.4) is 0 Å². The van der Waals surface area contributed by atoms with E-state index in [1.54, 1.807) is 24.3 Å². The number of carbonyl (C=O) groups excluding carboxylic acids is 2. The normalized spacial score (nSPS) is 14.9. The first-order chi connectivity index (χ1) is 11.5. The first-order valence-electron chi connectivity index (χ1n) is 7.70. The van der Waals surface area contributed by atoms with Crippen LogP contribution in [0.5, 0.6) is 0 Å². The Bertz CT molecular complexity index is 758. The highest BCUT2D eigenvalue weighted by Crippen LogP contribution is 2.32. The number of benzene rings is 1. The van der Waals surface area contributed by atoms with Gasteiger partial charge in [0.1, 0.15) is 0 Å². The monoisotopic (exact) mass is 362 g/mol. The van der Waals surface area contributed by atoms with Crippen molar-refractivity contribution in [1.29, 1.82) is 0 Å². The smallest absolute Gasteiger partial charge is 0.237 e. The molecule has 0 unspecified atom stereocenters. The van der Waals surface area contributed by atoms with Crippen molar-refractivity contribution in [2.75, 3.05) is 10.6 Å². The number of nitrogens with zero attached hydrogens (tertiary/aromatic N) is 2. The maximum atomic E-state index is 12.4. The molecule has 1 saturated carbocycles. The van der Waals surface area contributed by atoms with E-state index in [1.807, 2.05) is 6.92 Å². The highest BCUT2D eigenvalue weighted by atomic mass is 32.2. The largest absolute Gasteiger partial charge is 0.357 e.